The van der Waals surface area contributed by atoms with E-state index in [0.29, 0.717) is 15.7 Å². The molecule has 0 amide bonds. The Balaban J connectivity index is 2.43. The summed E-state index contributed by atoms with van der Waals surface area (Å²) in [5, 5.41) is 0. The first kappa shape index (κ1) is 12.4. The topological polar surface area (TPSA) is 0 Å². The molecule has 1 heteroatoms. The largest absolute Gasteiger partial charge is 0.0881 e. The molecule has 0 heterocycles. The lowest BCUT2D eigenvalue weighted by Crippen LogP contribution is -2.47. The zero-order valence-electron chi connectivity index (χ0n) is 10.9. The number of halogens is 1. The number of hydrogen-bond donors (Lipinski definition) is 0. The Morgan fingerprint density at radius 3 is 2.50 bits per heavy atom. The Bertz CT molecular complexity index is 348. The van der Waals surface area contributed by atoms with E-state index in [0.717, 1.165) is 0 Å². The van der Waals surface area contributed by atoms with Gasteiger partial charge in [0.05, 0.1) is 0 Å². The van der Waals surface area contributed by atoms with E-state index in [2.05, 4.69) is 55.8 Å². The van der Waals surface area contributed by atoms with Crippen LogP contribution >= 0.6 is 15.9 Å². The molecule has 0 radical (unpaired) electrons. The fourth-order valence-electron chi connectivity index (χ4n) is 3.48. The zero-order chi connectivity index (χ0) is 12.0. The van der Waals surface area contributed by atoms with Gasteiger partial charge in [-0.2, -0.15) is 0 Å². The summed E-state index contributed by atoms with van der Waals surface area (Å²) in [5.74, 6) is 0. The average Bonchev–Trinajstić information content (AvgIpc) is 2.24. The van der Waals surface area contributed by atoms with Crippen molar-refractivity contribution in [3.63, 3.8) is 0 Å². The van der Waals surface area contributed by atoms with Gasteiger partial charge in [0.2, 0.25) is 0 Å². The molecule has 0 aromatic rings. The highest BCUT2D eigenvalue weighted by Crippen LogP contribution is 2.59. The molecule has 1 spiro atoms. The van der Waals surface area contributed by atoms with Crippen LogP contribution in [0.4, 0.5) is 0 Å². The van der Waals surface area contributed by atoms with Crippen molar-refractivity contribution in [2.45, 2.75) is 58.2 Å². The van der Waals surface area contributed by atoms with Gasteiger partial charge in [-0.05, 0) is 44.9 Å². The average molecular weight is 283 g/mol. The van der Waals surface area contributed by atoms with Gasteiger partial charge in [-0.25, -0.2) is 0 Å². The molecule has 90 valence electrons. The van der Waals surface area contributed by atoms with Crippen molar-refractivity contribution in [1.82, 2.24) is 0 Å². The Morgan fingerprint density at radius 2 is 1.94 bits per heavy atom. The van der Waals surface area contributed by atoms with E-state index in [9.17, 15) is 0 Å². The van der Waals surface area contributed by atoms with Gasteiger partial charge in [-0.15, -0.1) is 0 Å². The number of rotatable bonds is 0. The fourth-order valence-corrected chi connectivity index (χ4v) is 4.11. The maximum atomic E-state index is 3.90. The lowest BCUT2D eigenvalue weighted by Gasteiger charge is -2.54. The standard InChI is InChI=1S/C15H23Br/c1-11-7-9-15(10-8-11)12(2)5-6-13(16)14(15,3)4/h5,7,13H,6,8-10H2,1-4H3/t13-,15+/m0/s1. The van der Waals surface area contributed by atoms with Crippen LogP contribution in [0.3, 0.4) is 0 Å². The van der Waals surface area contributed by atoms with Crippen LogP contribution in [0.1, 0.15) is 53.4 Å². The van der Waals surface area contributed by atoms with Crippen molar-refractivity contribution < 1.29 is 0 Å². The van der Waals surface area contributed by atoms with Crippen LogP contribution in [0.5, 0.6) is 0 Å². The molecule has 0 saturated heterocycles. The minimum atomic E-state index is 0.364. The first-order valence-corrected chi connectivity index (χ1v) is 7.29. The summed E-state index contributed by atoms with van der Waals surface area (Å²) >= 11 is 3.90. The van der Waals surface area contributed by atoms with Crippen molar-refractivity contribution >= 4 is 15.9 Å². The monoisotopic (exact) mass is 282 g/mol. The second kappa shape index (κ2) is 4.01. The molecule has 0 aromatic heterocycles. The Kier molecular flexibility index (Phi) is 3.11. The summed E-state index contributed by atoms with van der Waals surface area (Å²) in [6.07, 6.45) is 9.94. The maximum Gasteiger partial charge on any atom is 0.0240 e. The first-order chi connectivity index (χ1) is 7.40. The summed E-state index contributed by atoms with van der Waals surface area (Å²) in [5.41, 5.74) is 3.96. The number of hydrogen-bond acceptors (Lipinski definition) is 0. The third kappa shape index (κ3) is 1.63. The minimum absolute atomic E-state index is 0.364. The molecule has 0 nitrogen and oxygen atoms in total. The normalized spacial score (nSPS) is 38.2. The van der Waals surface area contributed by atoms with E-state index in [1.807, 2.05) is 0 Å². The molecule has 2 aliphatic rings. The van der Waals surface area contributed by atoms with E-state index in [1.54, 1.807) is 11.1 Å². The second-order valence-electron chi connectivity index (χ2n) is 6.15. The van der Waals surface area contributed by atoms with Crippen LogP contribution in [0.15, 0.2) is 23.3 Å². The highest BCUT2D eigenvalue weighted by molar-refractivity contribution is 9.09. The van der Waals surface area contributed by atoms with Gasteiger partial charge in [0.15, 0.2) is 0 Å². The summed E-state index contributed by atoms with van der Waals surface area (Å²) < 4.78 is 0. The molecule has 0 fully saturated rings. The number of allylic oxidation sites excluding steroid dienone is 4. The third-order valence-electron chi connectivity index (χ3n) is 5.15. The molecule has 0 saturated carbocycles. The van der Waals surface area contributed by atoms with E-state index < -0.39 is 0 Å². The summed E-state index contributed by atoms with van der Waals surface area (Å²) in [4.78, 5) is 0.621. The van der Waals surface area contributed by atoms with Gasteiger partial charge < -0.3 is 0 Å². The van der Waals surface area contributed by atoms with Crippen LogP contribution < -0.4 is 0 Å². The minimum Gasteiger partial charge on any atom is -0.0881 e. The van der Waals surface area contributed by atoms with Crippen LogP contribution in [0, 0.1) is 10.8 Å². The van der Waals surface area contributed by atoms with Crippen LogP contribution in [0.25, 0.3) is 0 Å². The van der Waals surface area contributed by atoms with Crippen LogP contribution in [-0.4, -0.2) is 4.83 Å². The first-order valence-electron chi connectivity index (χ1n) is 6.37. The molecular weight excluding hydrogens is 260 g/mol. The van der Waals surface area contributed by atoms with Crippen molar-refractivity contribution in [3.05, 3.63) is 23.3 Å². The molecular formula is C15H23Br. The summed E-state index contributed by atoms with van der Waals surface area (Å²) in [6, 6.07) is 0. The molecule has 0 N–H and O–H groups in total. The Hall–Kier alpha value is -0.0400. The predicted molar refractivity (Wildman–Crippen MR) is 74.9 cm³/mol. The van der Waals surface area contributed by atoms with Crippen LogP contribution in [0.2, 0.25) is 0 Å². The highest BCUT2D eigenvalue weighted by atomic mass is 79.9. The Morgan fingerprint density at radius 1 is 1.25 bits per heavy atom. The maximum absolute atomic E-state index is 3.90. The Labute approximate surface area is 108 Å². The van der Waals surface area contributed by atoms with E-state index in [-0.39, 0.29) is 0 Å². The van der Waals surface area contributed by atoms with Gasteiger partial charge in [0.25, 0.3) is 0 Å². The molecule has 0 aromatic carbocycles. The van der Waals surface area contributed by atoms with Crippen molar-refractivity contribution in [2.24, 2.45) is 10.8 Å². The molecule has 2 atom stereocenters. The molecule has 16 heavy (non-hydrogen) atoms. The summed E-state index contributed by atoms with van der Waals surface area (Å²) in [7, 11) is 0. The molecule has 2 aliphatic carbocycles. The van der Waals surface area contributed by atoms with Gasteiger partial charge in [0, 0.05) is 10.2 Å². The van der Waals surface area contributed by atoms with Crippen molar-refractivity contribution in [3.8, 4) is 0 Å². The van der Waals surface area contributed by atoms with Crippen molar-refractivity contribution in [1.29, 1.82) is 0 Å². The van der Waals surface area contributed by atoms with E-state index in [4.69, 9.17) is 0 Å². The van der Waals surface area contributed by atoms with Gasteiger partial charge >= 0.3 is 0 Å². The smallest absolute Gasteiger partial charge is 0.0240 e. The zero-order valence-corrected chi connectivity index (χ0v) is 12.5. The fraction of sp³-hybridized carbons (Fsp3) is 0.733. The molecule has 0 bridgehead atoms. The van der Waals surface area contributed by atoms with E-state index >= 15 is 0 Å². The third-order valence-corrected chi connectivity index (χ3v) is 6.67. The number of alkyl halides is 1. The van der Waals surface area contributed by atoms with Gasteiger partial charge in [0.1, 0.15) is 0 Å². The summed E-state index contributed by atoms with van der Waals surface area (Å²) in [6.45, 7) is 9.50. The van der Waals surface area contributed by atoms with Gasteiger partial charge in [-0.1, -0.05) is 53.1 Å². The van der Waals surface area contributed by atoms with E-state index in [1.165, 1.54) is 25.7 Å². The lowest BCUT2D eigenvalue weighted by molar-refractivity contribution is 0.0835. The SMILES string of the molecule is CC1=CC[C@@]2(CC1)C(C)=CC[C@H](Br)C2(C)C. The van der Waals surface area contributed by atoms with Crippen molar-refractivity contribution in [2.75, 3.05) is 0 Å². The molecule has 0 unspecified atom stereocenters. The lowest BCUT2D eigenvalue weighted by atomic mass is 9.52. The quantitative estimate of drug-likeness (QED) is 0.421. The highest BCUT2D eigenvalue weighted by Gasteiger charge is 2.51. The van der Waals surface area contributed by atoms with Crippen LogP contribution in [-0.2, 0) is 0 Å². The predicted octanol–water partition coefficient (Wildman–Crippen LogP) is 5.24. The van der Waals surface area contributed by atoms with Gasteiger partial charge in [-0.3, -0.25) is 0 Å². The molecule has 2 rings (SSSR count). The molecule has 0 aliphatic heterocycles. The second-order valence-corrected chi connectivity index (χ2v) is 7.25.